The zero-order valence-electron chi connectivity index (χ0n) is 13.0. The van der Waals surface area contributed by atoms with Crippen LogP contribution in [-0.2, 0) is 11.2 Å². The maximum atomic E-state index is 12.3. The van der Waals surface area contributed by atoms with E-state index in [-0.39, 0.29) is 11.8 Å². The van der Waals surface area contributed by atoms with Gasteiger partial charge in [-0.1, -0.05) is 12.1 Å². The first-order valence-electron chi connectivity index (χ1n) is 7.69. The van der Waals surface area contributed by atoms with E-state index in [2.05, 4.69) is 15.6 Å². The number of carbonyl (C=O) groups excluding carboxylic acids is 2. The molecule has 2 amide bonds. The van der Waals surface area contributed by atoms with Crippen LogP contribution in [0.4, 0.5) is 5.69 Å². The van der Waals surface area contributed by atoms with Crippen LogP contribution < -0.4 is 10.6 Å². The number of aryl methyl sites for hydroxylation is 1. The molecule has 5 heteroatoms. The summed E-state index contributed by atoms with van der Waals surface area (Å²) in [5.41, 5.74) is 6.85. The van der Waals surface area contributed by atoms with Crippen LogP contribution in [0.25, 0.3) is 11.6 Å². The number of fused-ring (bicyclic) bond motifs is 2. The normalized spacial score (nSPS) is 17.7. The summed E-state index contributed by atoms with van der Waals surface area (Å²) >= 11 is 0. The SMILES string of the molecule is Cc1cccc2c1C(=Cc1[nH]c3c(c1C)C(=O)NCC3)C(=O)N2. The van der Waals surface area contributed by atoms with Gasteiger partial charge in [-0.05, 0) is 37.1 Å². The quantitative estimate of drug-likeness (QED) is 0.708. The minimum absolute atomic E-state index is 0.0443. The molecular weight excluding hydrogens is 290 g/mol. The van der Waals surface area contributed by atoms with Crippen LogP contribution in [0.3, 0.4) is 0 Å². The first-order valence-corrected chi connectivity index (χ1v) is 7.69. The highest BCUT2D eigenvalue weighted by Gasteiger charge is 2.28. The minimum Gasteiger partial charge on any atom is -0.358 e. The summed E-state index contributed by atoms with van der Waals surface area (Å²) in [6.45, 7) is 4.55. The van der Waals surface area contributed by atoms with Crippen LogP contribution in [-0.4, -0.2) is 23.3 Å². The second-order valence-electron chi connectivity index (χ2n) is 6.03. The maximum absolute atomic E-state index is 12.3. The lowest BCUT2D eigenvalue weighted by atomic mass is 9.99. The first-order chi connectivity index (χ1) is 11.1. The minimum atomic E-state index is -0.106. The fourth-order valence-corrected chi connectivity index (χ4v) is 3.42. The van der Waals surface area contributed by atoms with Gasteiger partial charge in [0.1, 0.15) is 0 Å². The zero-order valence-corrected chi connectivity index (χ0v) is 13.0. The van der Waals surface area contributed by atoms with Crippen LogP contribution in [0.5, 0.6) is 0 Å². The molecule has 116 valence electrons. The van der Waals surface area contributed by atoms with E-state index in [9.17, 15) is 9.59 Å². The summed E-state index contributed by atoms with van der Waals surface area (Å²) in [4.78, 5) is 27.7. The lowest BCUT2D eigenvalue weighted by Crippen LogP contribution is -2.31. The van der Waals surface area contributed by atoms with Crippen molar-refractivity contribution in [3.63, 3.8) is 0 Å². The number of aromatic amines is 1. The van der Waals surface area contributed by atoms with Crippen molar-refractivity contribution in [3.8, 4) is 0 Å². The topological polar surface area (TPSA) is 74.0 Å². The molecular formula is C18H17N3O2. The van der Waals surface area contributed by atoms with Gasteiger partial charge < -0.3 is 15.6 Å². The lowest BCUT2D eigenvalue weighted by Gasteiger charge is -2.12. The summed E-state index contributed by atoms with van der Waals surface area (Å²) in [5.74, 6) is -0.150. The zero-order chi connectivity index (χ0) is 16.1. The van der Waals surface area contributed by atoms with E-state index in [1.54, 1.807) is 0 Å². The Morgan fingerprint density at radius 2 is 1.91 bits per heavy atom. The fourth-order valence-electron chi connectivity index (χ4n) is 3.42. The van der Waals surface area contributed by atoms with Gasteiger partial charge in [-0.2, -0.15) is 0 Å². The molecule has 1 aromatic heterocycles. The molecule has 0 unspecified atom stereocenters. The van der Waals surface area contributed by atoms with Crippen LogP contribution in [0.1, 0.15) is 38.4 Å². The molecule has 5 nitrogen and oxygen atoms in total. The Bertz CT molecular complexity index is 890. The third kappa shape index (κ3) is 2.00. The molecule has 0 bridgehead atoms. The van der Waals surface area contributed by atoms with Crippen molar-refractivity contribution in [1.82, 2.24) is 10.3 Å². The van der Waals surface area contributed by atoms with Gasteiger partial charge in [-0.3, -0.25) is 9.59 Å². The summed E-state index contributed by atoms with van der Waals surface area (Å²) < 4.78 is 0. The largest absolute Gasteiger partial charge is 0.358 e. The van der Waals surface area contributed by atoms with Crippen molar-refractivity contribution in [2.45, 2.75) is 20.3 Å². The number of hydrogen-bond acceptors (Lipinski definition) is 2. The fraction of sp³-hybridized carbons (Fsp3) is 0.222. The second-order valence-corrected chi connectivity index (χ2v) is 6.03. The third-order valence-corrected chi connectivity index (χ3v) is 4.58. The number of nitrogens with one attached hydrogen (secondary N) is 3. The number of benzene rings is 1. The standard InChI is InChI=1S/C18H17N3O2/c1-9-4-3-5-12-15(9)11(17(22)21-12)8-14-10(2)16-13(20-14)6-7-19-18(16)23/h3-5,8,20H,6-7H2,1-2H3,(H,19,23)(H,21,22). The van der Waals surface area contributed by atoms with Crippen LogP contribution in [0.2, 0.25) is 0 Å². The van der Waals surface area contributed by atoms with Gasteiger partial charge in [0.25, 0.3) is 11.8 Å². The Balaban J connectivity index is 1.87. The van der Waals surface area contributed by atoms with Crippen LogP contribution >= 0.6 is 0 Å². The van der Waals surface area contributed by atoms with Crippen molar-refractivity contribution in [3.05, 3.63) is 51.8 Å². The molecule has 0 fully saturated rings. The molecule has 3 heterocycles. The van der Waals surface area contributed by atoms with Crippen molar-refractivity contribution in [1.29, 1.82) is 0 Å². The predicted octanol–water partition coefficient (Wildman–Crippen LogP) is 2.41. The summed E-state index contributed by atoms with van der Waals surface area (Å²) in [7, 11) is 0. The molecule has 23 heavy (non-hydrogen) atoms. The van der Waals surface area contributed by atoms with E-state index >= 15 is 0 Å². The molecule has 0 spiro atoms. The van der Waals surface area contributed by atoms with E-state index in [4.69, 9.17) is 0 Å². The van der Waals surface area contributed by atoms with Gasteiger partial charge in [0, 0.05) is 35.6 Å². The summed E-state index contributed by atoms with van der Waals surface area (Å²) in [6.07, 6.45) is 2.64. The molecule has 3 N–H and O–H groups in total. The third-order valence-electron chi connectivity index (χ3n) is 4.58. The molecule has 2 aliphatic rings. The van der Waals surface area contributed by atoms with Crippen molar-refractivity contribution in [2.24, 2.45) is 0 Å². The highest BCUT2D eigenvalue weighted by atomic mass is 16.2. The summed E-state index contributed by atoms with van der Waals surface area (Å²) in [6, 6.07) is 5.83. The molecule has 0 radical (unpaired) electrons. The Kier molecular flexibility index (Phi) is 2.91. The molecule has 0 atom stereocenters. The van der Waals surface area contributed by atoms with E-state index in [1.807, 2.05) is 38.1 Å². The van der Waals surface area contributed by atoms with E-state index in [1.165, 1.54) is 0 Å². The second kappa shape index (κ2) is 4.84. The number of amides is 2. The van der Waals surface area contributed by atoms with E-state index < -0.39 is 0 Å². The lowest BCUT2D eigenvalue weighted by molar-refractivity contribution is -0.110. The number of hydrogen-bond donors (Lipinski definition) is 3. The molecule has 0 saturated heterocycles. The van der Waals surface area contributed by atoms with Gasteiger partial charge in [0.05, 0.1) is 11.1 Å². The number of rotatable bonds is 1. The Labute approximate surface area is 133 Å². The van der Waals surface area contributed by atoms with E-state index in [0.717, 1.165) is 40.2 Å². The Morgan fingerprint density at radius 3 is 2.70 bits per heavy atom. The first kappa shape index (κ1) is 13.8. The molecule has 2 aliphatic heterocycles. The smallest absolute Gasteiger partial charge is 0.256 e. The average molecular weight is 307 g/mol. The highest BCUT2D eigenvalue weighted by molar-refractivity contribution is 6.35. The number of H-pyrrole nitrogens is 1. The van der Waals surface area contributed by atoms with Crippen LogP contribution in [0.15, 0.2) is 18.2 Å². The summed E-state index contributed by atoms with van der Waals surface area (Å²) in [5, 5.41) is 5.76. The molecule has 2 aromatic rings. The van der Waals surface area contributed by atoms with Crippen LogP contribution in [0, 0.1) is 13.8 Å². The van der Waals surface area contributed by atoms with Gasteiger partial charge in [0.2, 0.25) is 0 Å². The number of aromatic nitrogens is 1. The van der Waals surface area contributed by atoms with Crippen molar-refractivity contribution < 1.29 is 9.59 Å². The van der Waals surface area contributed by atoms with E-state index in [0.29, 0.717) is 17.7 Å². The van der Waals surface area contributed by atoms with Gasteiger partial charge in [-0.25, -0.2) is 0 Å². The predicted molar refractivity (Wildman–Crippen MR) is 89.2 cm³/mol. The Morgan fingerprint density at radius 1 is 1.09 bits per heavy atom. The molecule has 4 rings (SSSR count). The Hall–Kier alpha value is -2.82. The average Bonchev–Trinajstić information content (AvgIpc) is 3.00. The number of carbonyl (C=O) groups is 2. The van der Waals surface area contributed by atoms with Gasteiger partial charge in [-0.15, -0.1) is 0 Å². The van der Waals surface area contributed by atoms with Crippen molar-refractivity contribution >= 4 is 29.2 Å². The molecule has 0 aliphatic carbocycles. The van der Waals surface area contributed by atoms with Gasteiger partial charge in [0.15, 0.2) is 0 Å². The maximum Gasteiger partial charge on any atom is 0.256 e. The van der Waals surface area contributed by atoms with Gasteiger partial charge >= 0.3 is 0 Å². The number of anilines is 1. The monoisotopic (exact) mass is 307 g/mol. The highest BCUT2D eigenvalue weighted by Crippen LogP contribution is 2.36. The molecule has 0 saturated carbocycles. The van der Waals surface area contributed by atoms with Crippen molar-refractivity contribution in [2.75, 3.05) is 11.9 Å². The molecule has 1 aromatic carbocycles.